The van der Waals surface area contributed by atoms with Gasteiger partial charge in [0.05, 0.1) is 19.3 Å². The van der Waals surface area contributed by atoms with Gasteiger partial charge in [-0.05, 0) is 32.6 Å². The van der Waals surface area contributed by atoms with E-state index in [0.717, 1.165) is 24.5 Å². The Morgan fingerprint density at radius 2 is 2.05 bits per heavy atom. The molecule has 6 nitrogen and oxygen atoms in total. The molecule has 22 heavy (non-hydrogen) atoms. The van der Waals surface area contributed by atoms with Crippen molar-refractivity contribution in [3.05, 3.63) is 17.2 Å². The van der Waals surface area contributed by atoms with Crippen molar-refractivity contribution >= 4 is 6.09 Å². The molecule has 6 heteroatoms. The molecular formula is C16H24N4O2. The standard InChI is InChI=1S/C16H24N4O2/c1-10-17-14-9-19(16(21)22-2)6-5-15(14)20(10)13-7-11-3-4-12(8-13)18-11/h11-13,18H,3-9H2,1-2H3. The third-order valence-electron chi connectivity index (χ3n) is 5.47. The summed E-state index contributed by atoms with van der Waals surface area (Å²) >= 11 is 0. The van der Waals surface area contributed by atoms with Crippen LogP contribution in [0.5, 0.6) is 0 Å². The molecule has 1 N–H and O–H groups in total. The Hall–Kier alpha value is -1.56. The molecule has 3 aliphatic rings. The van der Waals surface area contributed by atoms with Crippen molar-refractivity contribution in [3.63, 3.8) is 0 Å². The van der Waals surface area contributed by atoms with Crippen molar-refractivity contribution in [3.8, 4) is 0 Å². The highest BCUT2D eigenvalue weighted by Gasteiger charge is 2.37. The summed E-state index contributed by atoms with van der Waals surface area (Å²) in [5.74, 6) is 1.10. The number of imidazole rings is 1. The average molecular weight is 304 g/mol. The van der Waals surface area contributed by atoms with Crippen molar-refractivity contribution in [2.75, 3.05) is 13.7 Å². The summed E-state index contributed by atoms with van der Waals surface area (Å²) < 4.78 is 7.31. The molecule has 0 saturated carbocycles. The van der Waals surface area contributed by atoms with E-state index in [1.54, 1.807) is 4.90 Å². The van der Waals surface area contributed by atoms with Gasteiger partial charge in [0.25, 0.3) is 0 Å². The number of carbonyl (C=O) groups excluding carboxylic acids is 1. The highest BCUT2D eigenvalue weighted by atomic mass is 16.5. The van der Waals surface area contributed by atoms with Gasteiger partial charge >= 0.3 is 6.09 Å². The number of nitrogens with one attached hydrogen (secondary N) is 1. The second-order valence-corrected chi connectivity index (χ2v) is 6.83. The van der Waals surface area contributed by atoms with Crippen LogP contribution in [0.3, 0.4) is 0 Å². The van der Waals surface area contributed by atoms with E-state index >= 15 is 0 Å². The van der Waals surface area contributed by atoms with Crippen LogP contribution in [0.25, 0.3) is 0 Å². The van der Waals surface area contributed by atoms with Gasteiger partial charge in [-0.2, -0.15) is 0 Å². The molecule has 3 aliphatic heterocycles. The van der Waals surface area contributed by atoms with Crippen LogP contribution >= 0.6 is 0 Å². The van der Waals surface area contributed by atoms with E-state index in [0.29, 0.717) is 24.7 Å². The van der Waals surface area contributed by atoms with Crippen molar-refractivity contribution < 1.29 is 9.53 Å². The molecule has 2 unspecified atom stereocenters. The van der Waals surface area contributed by atoms with E-state index in [2.05, 4.69) is 16.8 Å². The molecule has 2 fully saturated rings. The molecule has 0 aliphatic carbocycles. The highest BCUT2D eigenvalue weighted by Crippen LogP contribution is 2.36. The van der Waals surface area contributed by atoms with Gasteiger partial charge in [-0.15, -0.1) is 0 Å². The lowest BCUT2D eigenvalue weighted by Crippen LogP contribution is -2.40. The maximum absolute atomic E-state index is 11.7. The number of rotatable bonds is 1. The fourth-order valence-corrected chi connectivity index (χ4v) is 4.55. The number of aromatic nitrogens is 2. The monoisotopic (exact) mass is 304 g/mol. The van der Waals surface area contributed by atoms with Crippen LogP contribution in [0, 0.1) is 6.92 Å². The summed E-state index contributed by atoms with van der Waals surface area (Å²) in [6.45, 7) is 3.40. The molecule has 120 valence electrons. The lowest BCUT2D eigenvalue weighted by molar-refractivity contribution is 0.117. The Bertz CT molecular complexity index is 585. The molecule has 2 atom stereocenters. The third-order valence-corrected chi connectivity index (χ3v) is 5.47. The minimum atomic E-state index is -0.252. The SMILES string of the molecule is COC(=O)N1CCc2c(nc(C)n2C2CC3CCC(C2)N3)C1. The van der Waals surface area contributed by atoms with Crippen LogP contribution in [-0.2, 0) is 17.7 Å². The average Bonchev–Trinajstić information content (AvgIpc) is 3.03. The molecule has 2 saturated heterocycles. The highest BCUT2D eigenvalue weighted by molar-refractivity contribution is 5.67. The Kier molecular flexibility index (Phi) is 3.36. The zero-order valence-corrected chi connectivity index (χ0v) is 13.3. The van der Waals surface area contributed by atoms with Gasteiger partial charge in [0.1, 0.15) is 5.82 Å². The molecule has 4 rings (SSSR count). The zero-order valence-electron chi connectivity index (χ0n) is 13.3. The van der Waals surface area contributed by atoms with Gasteiger partial charge in [-0.25, -0.2) is 9.78 Å². The molecule has 1 amide bonds. The number of fused-ring (bicyclic) bond motifs is 3. The van der Waals surface area contributed by atoms with Crippen molar-refractivity contribution in [1.29, 1.82) is 0 Å². The number of aryl methyl sites for hydroxylation is 1. The van der Waals surface area contributed by atoms with Crippen molar-refractivity contribution in [2.45, 2.75) is 63.7 Å². The number of amides is 1. The quantitative estimate of drug-likeness (QED) is 0.859. The first kappa shape index (κ1) is 14.1. The van der Waals surface area contributed by atoms with E-state index in [4.69, 9.17) is 9.72 Å². The van der Waals surface area contributed by atoms with E-state index < -0.39 is 0 Å². The molecule has 0 radical (unpaired) electrons. The Morgan fingerprint density at radius 1 is 1.32 bits per heavy atom. The molecule has 2 bridgehead atoms. The second-order valence-electron chi connectivity index (χ2n) is 6.83. The van der Waals surface area contributed by atoms with Crippen molar-refractivity contribution in [2.24, 2.45) is 0 Å². The molecule has 1 aromatic rings. The Balaban J connectivity index is 1.60. The molecule has 1 aromatic heterocycles. The number of hydrogen-bond acceptors (Lipinski definition) is 4. The smallest absolute Gasteiger partial charge is 0.409 e. The van der Waals surface area contributed by atoms with Gasteiger partial charge in [0.2, 0.25) is 0 Å². The number of nitrogens with zero attached hydrogens (tertiary/aromatic N) is 3. The summed E-state index contributed by atoms with van der Waals surface area (Å²) in [7, 11) is 1.44. The number of hydrogen-bond donors (Lipinski definition) is 1. The van der Waals surface area contributed by atoms with E-state index in [9.17, 15) is 4.79 Å². The predicted octanol–water partition coefficient (Wildman–Crippen LogP) is 1.77. The normalized spacial score (nSPS) is 30.3. The predicted molar refractivity (Wildman–Crippen MR) is 81.7 cm³/mol. The number of methoxy groups -OCH3 is 1. The van der Waals surface area contributed by atoms with Crippen LogP contribution in [0.1, 0.15) is 48.9 Å². The molecular weight excluding hydrogens is 280 g/mol. The number of ether oxygens (including phenoxy) is 1. The zero-order chi connectivity index (χ0) is 15.3. The second kappa shape index (κ2) is 5.26. The molecule has 0 spiro atoms. The minimum Gasteiger partial charge on any atom is -0.453 e. The largest absolute Gasteiger partial charge is 0.453 e. The number of carbonyl (C=O) groups is 1. The van der Waals surface area contributed by atoms with E-state index in [-0.39, 0.29) is 6.09 Å². The van der Waals surface area contributed by atoms with Crippen LogP contribution in [0.15, 0.2) is 0 Å². The summed E-state index contributed by atoms with van der Waals surface area (Å²) in [5.41, 5.74) is 2.39. The molecule has 4 heterocycles. The van der Waals surface area contributed by atoms with Crippen LogP contribution < -0.4 is 5.32 Å². The van der Waals surface area contributed by atoms with Gasteiger partial charge < -0.3 is 19.5 Å². The summed E-state index contributed by atoms with van der Waals surface area (Å²) in [6, 6.07) is 1.92. The fraction of sp³-hybridized carbons (Fsp3) is 0.750. The topological polar surface area (TPSA) is 59.4 Å². The molecule has 0 aromatic carbocycles. The van der Waals surface area contributed by atoms with Crippen LogP contribution in [0.4, 0.5) is 4.79 Å². The van der Waals surface area contributed by atoms with Gasteiger partial charge in [-0.3, -0.25) is 0 Å². The first-order valence-electron chi connectivity index (χ1n) is 8.31. The van der Waals surface area contributed by atoms with Gasteiger partial charge in [0.15, 0.2) is 0 Å². The summed E-state index contributed by atoms with van der Waals surface area (Å²) in [6.07, 6.45) is 5.67. The van der Waals surface area contributed by atoms with Crippen molar-refractivity contribution in [1.82, 2.24) is 19.8 Å². The minimum absolute atomic E-state index is 0.252. The fourth-order valence-electron chi connectivity index (χ4n) is 4.55. The van der Waals surface area contributed by atoms with E-state index in [1.807, 2.05) is 0 Å². The Labute approximate surface area is 130 Å². The summed E-state index contributed by atoms with van der Waals surface area (Å²) in [4.78, 5) is 18.2. The lowest BCUT2D eigenvalue weighted by atomic mass is 9.98. The van der Waals surface area contributed by atoms with Gasteiger partial charge in [0, 0.05) is 36.8 Å². The Morgan fingerprint density at radius 3 is 2.73 bits per heavy atom. The van der Waals surface area contributed by atoms with Crippen LogP contribution in [-0.4, -0.2) is 46.3 Å². The number of piperidine rings is 1. The maximum atomic E-state index is 11.7. The van der Waals surface area contributed by atoms with Gasteiger partial charge in [-0.1, -0.05) is 0 Å². The third kappa shape index (κ3) is 2.20. The lowest BCUT2D eigenvalue weighted by Gasteiger charge is -2.33. The van der Waals surface area contributed by atoms with E-state index in [1.165, 1.54) is 38.5 Å². The maximum Gasteiger partial charge on any atom is 0.409 e. The van der Waals surface area contributed by atoms with Crippen LogP contribution in [0.2, 0.25) is 0 Å². The summed E-state index contributed by atoms with van der Waals surface area (Å²) in [5, 5.41) is 3.71. The first-order valence-corrected chi connectivity index (χ1v) is 8.31. The first-order chi connectivity index (χ1) is 10.7.